The van der Waals surface area contributed by atoms with Gasteiger partial charge in [-0.05, 0) is 43.7 Å². The minimum absolute atomic E-state index is 0.253. The van der Waals surface area contributed by atoms with Crippen LogP contribution in [0.15, 0.2) is 30.3 Å². The highest BCUT2D eigenvalue weighted by atomic mass is 16.5. The van der Waals surface area contributed by atoms with Gasteiger partial charge in [-0.15, -0.1) is 0 Å². The highest BCUT2D eigenvalue weighted by Crippen LogP contribution is 2.34. The Morgan fingerprint density at radius 2 is 1.64 bits per heavy atom. The second-order valence-electron chi connectivity index (χ2n) is 5.75. The van der Waals surface area contributed by atoms with Gasteiger partial charge in [-0.2, -0.15) is 0 Å². The SMILES string of the molecule is CCOc1cc(C(=O)Nc2cc(OC)c(OC)cc2C)ccc1OCC(=O)O. The van der Waals surface area contributed by atoms with Crippen LogP contribution in [0.2, 0.25) is 0 Å². The van der Waals surface area contributed by atoms with Crippen molar-refractivity contribution in [2.24, 2.45) is 0 Å². The topological polar surface area (TPSA) is 103 Å². The predicted molar refractivity (Wildman–Crippen MR) is 103 cm³/mol. The van der Waals surface area contributed by atoms with E-state index >= 15 is 0 Å². The number of aliphatic carboxylic acids is 1. The van der Waals surface area contributed by atoms with E-state index in [0.717, 1.165) is 5.56 Å². The smallest absolute Gasteiger partial charge is 0.341 e. The van der Waals surface area contributed by atoms with Crippen LogP contribution in [0.25, 0.3) is 0 Å². The third-order valence-corrected chi connectivity index (χ3v) is 3.84. The molecule has 2 aromatic carbocycles. The molecule has 0 saturated heterocycles. The number of hydrogen-bond donors (Lipinski definition) is 2. The van der Waals surface area contributed by atoms with E-state index < -0.39 is 12.6 Å². The molecular weight excluding hydrogens is 366 g/mol. The molecule has 8 nitrogen and oxygen atoms in total. The molecule has 0 aromatic heterocycles. The number of anilines is 1. The number of nitrogens with one attached hydrogen (secondary N) is 1. The molecule has 8 heteroatoms. The lowest BCUT2D eigenvalue weighted by atomic mass is 10.1. The van der Waals surface area contributed by atoms with E-state index in [1.807, 2.05) is 6.92 Å². The maximum Gasteiger partial charge on any atom is 0.341 e. The number of amides is 1. The fourth-order valence-corrected chi connectivity index (χ4v) is 2.49. The lowest BCUT2D eigenvalue weighted by molar-refractivity contribution is -0.139. The molecule has 28 heavy (non-hydrogen) atoms. The summed E-state index contributed by atoms with van der Waals surface area (Å²) in [6.07, 6.45) is 0. The quantitative estimate of drug-likeness (QED) is 0.679. The third-order valence-electron chi connectivity index (χ3n) is 3.84. The lowest BCUT2D eigenvalue weighted by Gasteiger charge is -2.15. The zero-order chi connectivity index (χ0) is 20.7. The van der Waals surface area contributed by atoms with Crippen molar-refractivity contribution in [1.82, 2.24) is 0 Å². The molecule has 0 fully saturated rings. The van der Waals surface area contributed by atoms with Crippen molar-refractivity contribution in [2.45, 2.75) is 13.8 Å². The number of methoxy groups -OCH3 is 2. The maximum atomic E-state index is 12.7. The Hall–Kier alpha value is -3.42. The number of benzene rings is 2. The van der Waals surface area contributed by atoms with E-state index in [-0.39, 0.29) is 11.7 Å². The van der Waals surface area contributed by atoms with Gasteiger partial charge in [0.05, 0.1) is 20.8 Å². The summed E-state index contributed by atoms with van der Waals surface area (Å²) >= 11 is 0. The van der Waals surface area contributed by atoms with Crippen molar-refractivity contribution in [2.75, 3.05) is 32.8 Å². The van der Waals surface area contributed by atoms with Gasteiger partial charge in [-0.3, -0.25) is 4.79 Å². The summed E-state index contributed by atoms with van der Waals surface area (Å²) in [5.74, 6) is 0.144. The molecular formula is C20H23NO7. The summed E-state index contributed by atoms with van der Waals surface area (Å²) in [5, 5.41) is 11.6. The number of carbonyl (C=O) groups is 2. The van der Waals surface area contributed by atoms with Crippen molar-refractivity contribution in [3.05, 3.63) is 41.5 Å². The molecule has 0 unspecified atom stereocenters. The summed E-state index contributed by atoms with van der Waals surface area (Å²) in [6.45, 7) is 3.45. The number of carboxylic acids is 1. The number of carbonyl (C=O) groups excluding carboxylic acids is 1. The van der Waals surface area contributed by atoms with Crippen LogP contribution in [0.3, 0.4) is 0 Å². The zero-order valence-corrected chi connectivity index (χ0v) is 16.2. The molecule has 0 aliphatic heterocycles. The highest BCUT2D eigenvalue weighted by Gasteiger charge is 2.15. The van der Waals surface area contributed by atoms with Crippen LogP contribution < -0.4 is 24.3 Å². The first-order chi connectivity index (χ1) is 13.4. The molecule has 2 N–H and O–H groups in total. The summed E-state index contributed by atoms with van der Waals surface area (Å²) in [6, 6.07) is 7.99. The van der Waals surface area contributed by atoms with Crippen LogP contribution in [0.4, 0.5) is 5.69 Å². The second kappa shape index (κ2) is 9.50. The van der Waals surface area contributed by atoms with Gasteiger partial charge in [-0.1, -0.05) is 0 Å². The standard InChI is InChI=1S/C20H23NO7/c1-5-27-18-9-13(6-7-15(18)28-11-19(22)23)20(24)21-14-10-17(26-4)16(25-3)8-12(14)2/h6-10H,5,11H2,1-4H3,(H,21,24)(H,22,23). The first-order valence-corrected chi connectivity index (χ1v) is 8.55. The van der Waals surface area contributed by atoms with E-state index in [1.165, 1.54) is 25.3 Å². The van der Waals surface area contributed by atoms with Crippen LogP contribution in [-0.4, -0.2) is 44.4 Å². The first-order valence-electron chi connectivity index (χ1n) is 8.55. The average molecular weight is 389 g/mol. The normalized spacial score (nSPS) is 10.1. The minimum Gasteiger partial charge on any atom is -0.493 e. The van der Waals surface area contributed by atoms with Crippen molar-refractivity contribution >= 4 is 17.6 Å². The first kappa shape index (κ1) is 20.9. The van der Waals surface area contributed by atoms with Crippen LogP contribution in [0.5, 0.6) is 23.0 Å². The fourth-order valence-electron chi connectivity index (χ4n) is 2.49. The zero-order valence-electron chi connectivity index (χ0n) is 16.2. The molecule has 2 aromatic rings. The molecule has 0 saturated carbocycles. The largest absolute Gasteiger partial charge is 0.493 e. The van der Waals surface area contributed by atoms with Gasteiger partial charge in [0.15, 0.2) is 29.6 Å². The van der Waals surface area contributed by atoms with Crippen molar-refractivity contribution in [3.63, 3.8) is 0 Å². The summed E-state index contributed by atoms with van der Waals surface area (Å²) in [7, 11) is 3.06. The Bertz CT molecular complexity index is 864. The summed E-state index contributed by atoms with van der Waals surface area (Å²) in [4.78, 5) is 23.4. The molecule has 0 bridgehead atoms. The van der Waals surface area contributed by atoms with Crippen molar-refractivity contribution in [1.29, 1.82) is 0 Å². The highest BCUT2D eigenvalue weighted by molar-refractivity contribution is 6.05. The molecule has 1 amide bonds. The van der Waals surface area contributed by atoms with Crippen molar-refractivity contribution in [3.8, 4) is 23.0 Å². The van der Waals surface area contributed by atoms with Gasteiger partial charge >= 0.3 is 5.97 Å². The predicted octanol–water partition coefficient (Wildman–Crippen LogP) is 3.13. The minimum atomic E-state index is -1.10. The van der Waals surface area contributed by atoms with Crippen LogP contribution in [-0.2, 0) is 4.79 Å². The molecule has 0 spiro atoms. The average Bonchev–Trinajstić information content (AvgIpc) is 2.68. The second-order valence-corrected chi connectivity index (χ2v) is 5.75. The van der Waals surface area contributed by atoms with E-state index in [4.69, 9.17) is 24.1 Å². The van der Waals surface area contributed by atoms with Gasteiger partial charge in [0.1, 0.15) is 0 Å². The van der Waals surface area contributed by atoms with Crippen LogP contribution >= 0.6 is 0 Å². The van der Waals surface area contributed by atoms with E-state index in [2.05, 4.69) is 5.32 Å². The summed E-state index contributed by atoms with van der Waals surface area (Å²) in [5.41, 5.74) is 1.71. The molecule has 0 heterocycles. The van der Waals surface area contributed by atoms with Gasteiger partial charge in [0.25, 0.3) is 5.91 Å². The Morgan fingerprint density at radius 1 is 0.964 bits per heavy atom. The van der Waals surface area contributed by atoms with Crippen LogP contribution in [0, 0.1) is 6.92 Å². The molecule has 0 radical (unpaired) electrons. The molecule has 0 aliphatic rings. The molecule has 2 rings (SSSR count). The number of ether oxygens (including phenoxy) is 4. The molecule has 150 valence electrons. The van der Waals surface area contributed by atoms with Crippen LogP contribution in [0.1, 0.15) is 22.8 Å². The number of aryl methyl sites for hydroxylation is 1. The maximum absolute atomic E-state index is 12.7. The van der Waals surface area contributed by atoms with Gasteiger partial charge in [-0.25, -0.2) is 4.79 Å². The van der Waals surface area contributed by atoms with E-state index in [0.29, 0.717) is 35.1 Å². The summed E-state index contributed by atoms with van der Waals surface area (Å²) < 4.78 is 21.2. The van der Waals surface area contributed by atoms with Gasteiger partial charge in [0.2, 0.25) is 0 Å². The van der Waals surface area contributed by atoms with Crippen molar-refractivity contribution < 1.29 is 33.6 Å². The number of carboxylic acid groups (broad SMARTS) is 1. The Kier molecular flexibility index (Phi) is 7.08. The monoisotopic (exact) mass is 389 g/mol. The lowest BCUT2D eigenvalue weighted by Crippen LogP contribution is -2.14. The van der Waals surface area contributed by atoms with Gasteiger partial charge < -0.3 is 29.4 Å². The Balaban J connectivity index is 2.26. The van der Waals surface area contributed by atoms with Gasteiger partial charge in [0, 0.05) is 17.3 Å². The molecule has 0 atom stereocenters. The fraction of sp³-hybridized carbons (Fsp3) is 0.300. The Labute approximate surface area is 163 Å². The number of rotatable bonds is 9. The van der Waals surface area contributed by atoms with E-state index in [9.17, 15) is 9.59 Å². The Morgan fingerprint density at radius 3 is 2.25 bits per heavy atom. The number of hydrogen-bond acceptors (Lipinski definition) is 6. The molecule has 0 aliphatic carbocycles. The third kappa shape index (κ3) is 5.06. The van der Waals surface area contributed by atoms with E-state index in [1.54, 1.807) is 26.2 Å².